The molecule has 6 nitrogen and oxygen atoms in total. The molecule has 1 N–H and O–H groups in total. The highest BCUT2D eigenvalue weighted by Gasteiger charge is 2.36. The van der Waals surface area contributed by atoms with E-state index in [-0.39, 0.29) is 0 Å². The van der Waals surface area contributed by atoms with Crippen LogP contribution >= 0.6 is 12.2 Å². The molecule has 2 aromatic carbocycles. The number of esters is 1. The van der Waals surface area contributed by atoms with Crippen LogP contribution < -0.4 is 19.7 Å². The summed E-state index contributed by atoms with van der Waals surface area (Å²) in [6.45, 7) is 5.97. The highest BCUT2D eigenvalue weighted by molar-refractivity contribution is 7.80. The number of ether oxygens (including phenoxy) is 3. The van der Waals surface area contributed by atoms with E-state index in [4.69, 9.17) is 26.4 Å². The number of anilines is 1. The molecule has 7 heteroatoms. The second-order valence-corrected chi connectivity index (χ2v) is 7.47. The summed E-state index contributed by atoms with van der Waals surface area (Å²) in [5.41, 5.74) is 5.14. The molecule has 0 spiro atoms. The van der Waals surface area contributed by atoms with E-state index in [2.05, 4.69) is 18.3 Å². The molecule has 0 aliphatic carbocycles. The molecule has 1 heterocycles. The molecule has 0 aromatic heterocycles. The van der Waals surface area contributed by atoms with Crippen molar-refractivity contribution in [2.45, 2.75) is 26.8 Å². The second-order valence-electron chi connectivity index (χ2n) is 7.09. The summed E-state index contributed by atoms with van der Waals surface area (Å²) in [6, 6.07) is 11.0. The number of rotatable bonds is 5. The minimum Gasteiger partial charge on any atom is -0.497 e. The van der Waals surface area contributed by atoms with Crippen molar-refractivity contribution >= 4 is 29.0 Å². The molecule has 0 radical (unpaired) electrons. The van der Waals surface area contributed by atoms with Gasteiger partial charge >= 0.3 is 5.97 Å². The Morgan fingerprint density at radius 3 is 2.33 bits per heavy atom. The van der Waals surface area contributed by atoms with Crippen molar-refractivity contribution in [3.05, 3.63) is 64.4 Å². The lowest BCUT2D eigenvalue weighted by molar-refractivity contribution is -0.136. The van der Waals surface area contributed by atoms with Crippen LogP contribution in [0.25, 0.3) is 0 Å². The summed E-state index contributed by atoms with van der Waals surface area (Å²) < 4.78 is 16.0. The predicted octanol–water partition coefficient (Wildman–Crippen LogP) is 4.20. The number of allylic oxidation sites excluding steroid dienone is 1. The van der Waals surface area contributed by atoms with Crippen LogP contribution in [0.15, 0.2) is 47.7 Å². The van der Waals surface area contributed by atoms with Crippen LogP contribution in [0.5, 0.6) is 11.5 Å². The average Bonchev–Trinajstić information content (AvgIpc) is 2.74. The maximum absolute atomic E-state index is 12.8. The van der Waals surface area contributed by atoms with E-state index in [0.717, 1.165) is 16.8 Å². The van der Waals surface area contributed by atoms with Crippen molar-refractivity contribution in [1.82, 2.24) is 5.32 Å². The normalized spacial score (nSPS) is 16.3. The van der Waals surface area contributed by atoms with Crippen LogP contribution in [0.3, 0.4) is 0 Å². The van der Waals surface area contributed by atoms with Crippen molar-refractivity contribution < 1.29 is 19.0 Å². The van der Waals surface area contributed by atoms with Gasteiger partial charge in [0, 0.05) is 23.0 Å². The first-order valence-corrected chi connectivity index (χ1v) is 9.92. The molecule has 1 aliphatic heterocycles. The van der Waals surface area contributed by atoms with Gasteiger partial charge in [-0.05, 0) is 68.4 Å². The number of nitrogens with one attached hydrogen (secondary N) is 1. The fourth-order valence-corrected chi connectivity index (χ4v) is 3.94. The van der Waals surface area contributed by atoms with E-state index in [1.807, 2.05) is 43.0 Å². The van der Waals surface area contributed by atoms with Gasteiger partial charge in [0.1, 0.15) is 11.5 Å². The van der Waals surface area contributed by atoms with Crippen molar-refractivity contribution in [3.8, 4) is 11.5 Å². The Balaban J connectivity index is 2.17. The number of nitrogens with zero attached hydrogens (tertiary/aromatic N) is 1. The first-order valence-electron chi connectivity index (χ1n) is 9.51. The Morgan fingerprint density at radius 1 is 1.00 bits per heavy atom. The van der Waals surface area contributed by atoms with Gasteiger partial charge in [0.15, 0.2) is 5.11 Å². The molecule has 1 aliphatic rings. The third-order valence-electron chi connectivity index (χ3n) is 5.39. The monoisotopic (exact) mass is 426 g/mol. The highest BCUT2D eigenvalue weighted by Crippen LogP contribution is 2.39. The van der Waals surface area contributed by atoms with Gasteiger partial charge < -0.3 is 19.5 Å². The largest absolute Gasteiger partial charge is 0.497 e. The van der Waals surface area contributed by atoms with Gasteiger partial charge in [-0.2, -0.15) is 0 Å². The first-order chi connectivity index (χ1) is 14.3. The summed E-state index contributed by atoms with van der Waals surface area (Å²) in [4.78, 5) is 14.7. The van der Waals surface area contributed by atoms with Crippen LogP contribution in [0, 0.1) is 13.8 Å². The Morgan fingerprint density at radius 2 is 1.73 bits per heavy atom. The maximum Gasteiger partial charge on any atom is 0.337 e. The molecule has 0 fully saturated rings. The molecular formula is C23H26N2O4S. The van der Waals surface area contributed by atoms with Gasteiger partial charge in [-0.25, -0.2) is 4.79 Å². The summed E-state index contributed by atoms with van der Waals surface area (Å²) in [6.07, 6.45) is 0. The third-order valence-corrected chi connectivity index (χ3v) is 5.69. The van der Waals surface area contributed by atoms with E-state index in [1.165, 1.54) is 12.7 Å². The van der Waals surface area contributed by atoms with E-state index in [0.29, 0.717) is 27.9 Å². The van der Waals surface area contributed by atoms with Gasteiger partial charge in [-0.15, -0.1) is 0 Å². The molecule has 0 saturated heterocycles. The third kappa shape index (κ3) is 3.85. The molecule has 1 unspecified atom stereocenters. The summed E-state index contributed by atoms with van der Waals surface area (Å²) in [7, 11) is 4.54. The fourth-order valence-electron chi connectivity index (χ4n) is 3.58. The van der Waals surface area contributed by atoms with Crippen LogP contribution in [-0.4, -0.2) is 32.4 Å². The van der Waals surface area contributed by atoms with Crippen molar-refractivity contribution in [1.29, 1.82) is 0 Å². The van der Waals surface area contributed by atoms with Crippen molar-refractivity contribution in [2.75, 3.05) is 26.2 Å². The average molecular weight is 427 g/mol. The summed E-state index contributed by atoms with van der Waals surface area (Å²) >= 11 is 5.71. The summed E-state index contributed by atoms with van der Waals surface area (Å²) in [5, 5.41) is 3.79. The van der Waals surface area contributed by atoms with E-state index < -0.39 is 12.0 Å². The van der Waals surface area contributed by atoms with Crippen LogP contribution in [-0.2, 0) is 9.53 Å². The SMILES string of the molecule is COC(=O)C1=C(C)N(c2ccc(C)c(C)c2)C(=S)NC1c1ccc(OC)cc1OC. The van der Waals surface area contributed by atoms with Gasteiger partial charge in [0.05, 0.1) is 32.9 Å². The maximum atomic E-state index is 12.8. The standard InChI is InChI=1S/C23H26N2O4S/c1-13-7-8-16(11-14(13)2)25-15(3)20(22(26)29-6)21(24-23(25)30)18-10-9-17(27-4)12-19(18)28-5/h7-12,21H,1-6H3,(H,24,30). The molecular weight excluding hydrogens is 400 g/mol. The number of benzene rings is 2. The van der Waals surface area contributed by atoms with Gasteiger partial charge in [-0.3, -0.25) is 4.90 Å². The highest BCUT2D eigenvalue weighted by atomic mass is 32.1. The number of aryl methyl sites for hydroxylation is 2. The van der Waals surface area contributed by atoms with Crippen molar-refractivity contribution in [2.24, 2.45) is 0 Å². The van der Waals surface area contributed by atoms with Gasteiger partial charge in [0.25, 0.3) is 0 Å². The number of hydrogen-bond acceptors (Lipinski definition) is 5. The van der Waals surface area contributed by atoms with Crippen molar-refractivity contribution in [3.63, 3.8) is 0 Å². The minimum atomic E-state index is -0.520. The molecule has 30 heavy (non-hydrogen) atoms. The lowest BCUT2D eigenvalue weighted by atomic mass is 9.93. The molecule has 0 bridgehead atoms. The molecule has 0 saturated carbocycles. The zero-order chi connectivity index (χ0) is 22.0. The Bertz CT molecular complexity index is 1030. The quantitative estimate of drug-likeness (QED) is 0.568. The Hall–Kier alpha value is -3.06. The van der Waals surface area contributed by atoms with E-state index in [9.17, 15) is 4.79 Å². The van der Waals surface area contributed by atoms with E-state index >= 15 is 0 Å². The number of carbonyl (C=O) groups is 1. The minimum absolute atomic E-state index is 0.431. The second kappa shape index (κ2) is 8.75. The van der Waals surface area contributed by atoms with Gasteiger partial charge in [0.2, 0.25) is 0 Å². The zero-order valence-electron chi connectivity index (χ0n) is 18.0. The smallest absolute Gasteiger partial charge is 0.337 e. The number of methoxy groups -OCH3 is 3. The van der Waals surface area contributed by atoms with Crippen LogP contribution in [0.4, 0.5) is 5.69 Å². The van der Waals surface area contributed by atoms with E-state index in [1.54, 1.807) is 20.3 Å². The number of hydrogen-bond donors (Lipinski definition) is 1. The topological polar surface area (TPSA) is 60.0 Å². The fraction of sp³-hybridized carbons (Fsp3) is 0.304. The predicted molar refractivity (Wildman–Crippen MR) is 121 cm³/mol. The molecule has 0 amide bonds. The lowest BCUT2D eigenvalue weighted by Gasteiger charge is -2.38. The first kappa shape index (κ1) is 21.6. The number of carbonyl (C=O) groups excluding carboxylic acids is 1. The van der Waals surface area contributed by atoms with Crippen LogP contribution in [0.1, 0.15) is 29.7 Å². The van der Waals surface area contributed by atoms with Crippen LogP contribution in [0.2, 0.25) is 0 Å². The summed E-state index contributed by atoms with van der Waals surface area (Å²) in [5.74, 6) is 0.814. The zero-order valence-corrected chi connectivity index (χ0v) is 18.8. The molecule has 158 valence electrons. The molecule has 2 aromatic rings. The number of thiocarbonyl (C=S) groups is 1. The Labute approximate surface area is 182 Å². The Kier molecular flexibility index (Phi) is 6.31. The molecule has 3 rings (SSSR count). The molecule has 1 atom stereocenters. The van der Waals surface area contributed by atoms with Gasteiger partial charge in [-0.1, -0.05) is 6.07 Å². The lowest BCUT2D eigenvalue weighted by Crippen LogP contribution is -2.48.